The first kappa shape index (κ1) is 65.9. The van der Waals surface area contributed by atoms with Crippen molar-refractivity contribution in [2.45, 2.75) is 284 Å². The Bertz CT molecular complexity index is 2830. The van der Waals surface area contributed by atoms with Crippen molar-refractivity contribution in [1.29, 1.82) is 0 Å². The van der Waals surface area contributed by atoms with Crippen molar-refractivity contribution < 1.29 is 19.2 Å². The van der Waals surface area contributed by atoms with Crippen LogP contribution in [0.25, 0.3) is 32.3 Å². The van der Waals surface area contributed by atoms with Crippen LogP contribution < -0.4 is 0 Å². The van der Waals surface area contributed by atoms with Crippen LogP contribution in [-0.2, 0) is 19.3 Å². The molecule has 0 aliphatic carbocycles. The van der Waals surface area contributed by atoms with Crippen molar-refractivity contribution in [3.63, 3.8) is 0 Å². The Morgan fingerprint density at radius 2 is 0.573 bits per heavy atom. The van der Waals surface area contributed by atoms with Gasteiger partial charge >= 0.3 is 0 Å². The van der Waals surface area contributed by atoms with Gasteiger partial charge in [0, 0.05) is 47.9 Å². The highest BCUT2D eigenvalue weighted by Gasteiger charge is 2.18. The van der Waals surface area contributed by atoms with E-state index in [9.17, 15) is 19.2 Å². The second-order valence-electron chi connectivity index (χ2n) is 24.6. The molecule has 0 N–H and O–H groups in total. The standard InChI is InChI=1S/C78H108O4/c1-4-7-10-13-16-19-22-25-28-31-40-62-42-38-44-64-59-67(52-55-70(62)64)75(79)47-34-35-48-77(81)69-54-57-72-66(61-69)51-58-74(73(72)46-33-30-27-24-21-18-15-12-9-6-3)78(82)50-37-36-49-76(80)68-53-56-71-63(43-39-45-65(71)60-68)41-32-29-26-23-20-17-14-11-8-5-2/h38-39,42-45,51-61H,4-37,40-41,46-50H2,1-3H3. The highest BCUT2D eigenvalue weighted by Crippen LogP contribution is 2.30. The van der Waals surface area contributed by atoms with Gasteiger partial charge in [0.05, 0.1) is 0 Å². The first-order chi connectivity index (χ1) is 40.3. The Morgan fingerprint density at radius 1 is 0.268 bits per heavy atom. The van der Waals surface area contributed by atoms with Crippen LogP contribution in [0, 0.1) is 0 Å². The summed E-state index contributed by atoms with van der Waals surface area (Å²) >= 11 is 0. The van der Waals surface area contributed by atoms with E-state index in [2.05, 4.69) is 87.5 Å². The van der Waals surface area contributed by atoms with Crippen molar-refractivity contribution >= 4 is 55.5 Å². The SMILES string of the molecule is CCCCCCCCCCCCc1cccc2cc(C(=O)CCCCC(=O)c3ccc4c(CCCCCCCCCCCC)c(C(=O)CCCCC(=O)c5ccc6c(CCCCCCCCCCCC)cccc6c5)ccc4c3)ccc12. The number of hydrogen-bond donors (Lipinski definition) is 0. The molecule has 82 heavy (non-hydrogen) atoms. The normalized spacial score (nSPS) is 11.6. The molecular weight excluding hydrogens is 1000 g/mol. The zero-order valence-electron chi connectivity index (χ0n) is 51.9. The molecule has 0 bridgehead atoms. The zero-order chi connectivity index (χ0) is 57.8. The monoisotopic (exact) mass is 1110 g/mol. The maximum Gasteiger partial charge on any atom is 0.163 e. The second kappa shape index (κ2) is 39.3. The van der Waals surface area contributed by atoms with Gasteiger partial charge in [-0.15, -0.1) is 0 Å². The molecule has 0 aromatic heterocycles. The van der Waals surface area contributed by atoms with Gasteiger partial charge in [0.1, 0.15) is 0 Å². The van der Waals surface area contributed by atoms with Crippen LogP contribution in [0.5, 0.6) is 0 Å². The van der Waals surface area contributed by atoms with Gasteiger partial charge in [0.2, 0.25) is 0 Å². The van der Waals surface area contributed by atoms with Gasteiger partial charge in [-0.3, -0.25) is 19.2 Å². The van der Waals surface area contributed by atoms with E-state index in [4.69, 9.17) is 0 Å². The van der Waals surface area contributed by atoms with E-state index in [-0.39, 0.29) is 23.1 Å². The highest BCUT2D eigenvalue weighted by molar-refractivity contribution is 6.06. The van der Waals surface area contributed by atoms with Crippen LogP contribution in [0.4, 0.5) is 0 Å². The summed E-state index contributed by atoms with van der Waals surface area (Å²) in [5.41, 5.74) is 6.84. The molecule has 0 heterocycles. The second-order valence-corrected chi connectivity index (χ2v) is 24.6. The number of benzene rings is 6. The first-order valence-electron chi connectivity index (χ1n) is 34.0. The van der Waals surface area contributed by atoms with Gasteiger partial charge in [-0.05, 0) is 131 Å². The Hall–Kier alpha value is -5.22. The molecule has 0 saturated carbocycles. The largest absolute Gasteiger partial charge is 0.294 e. The van der Waals surface area contributed by atoms with Crippen LogP contribution in [-0.4, -0.2) is 23.1 Å². The topological polar surface area (TPSA) is 68.3 Å². The lowest BCUT2D eigenvalue weighted by molar-refractivity contribution is 0.0954. The molecule has 0 fully saturated rings. The predicted octanol–water partition coefficient (Wildman–Crippen LogP) is 23.8. The number of carbonyl (C=O) groups is 4. The molecule has 6 rings (SSSR count). The van der Waals surface area contributed by atoms with E-state index < -0.39 is 0 Å². The fraction of sp³-hybridized carbons (Fsp3) is 0.564. The Kier molecular flexibility index (Phi) is 31.6. The van der Waals surface area contributed by atoms with Crippen LogP contribution in [0.15, 0.2) is 103 Å². The summed E-state index contributed by atoms with van der Waals surface area (Å²) < 4.78 is 0. The van der Waals surface area contributed by atoms with Crippen molar-refractivity contribution in [3.8, 4) is 0 Å². The van der Waals surface area contributed by atoms with Crippen LogP contribution in [0.2, 0.25) is 0 Å². The first-order valence-corrected chi connectivity index (χ1v) is 34.0. The number of Topliss-reactive ketones (excluding diaryl/α,β-unsaturated/α-hetero) is 4. The fourth-order valence-corrected chi connectivity index (χ4v) is 12.7. The lowest BCUT2D eigenvalue weighted by atomic mass is 9.89. The maximum absolute atomic E-state index is 14.1. The lowest BCUT2D eigenvalue weighted by Crippen LogP contribution is -2.07. The molecule has 0 unspecified atom stereocenters. The number of rotatable bonds is 47. The number of unbranched alkanes of at least 4 members (excludes halogenated alkanes) is 29. The smallest absolute Gasteiger partial charge is 0.163 e. The van der Waals surface area contributed by atoms with Crippen molar-refractivity contribution in [2.24, 2.45) is 0 Å². The maximum atomic E-state index is 14.1. The third-order valence-electron chi connectivity index (χ3n) is 17.8. The minimum atomic E-state index is 0.0916. The van der Waals surface area contributed by atoms with E-state index in [0.29, 0.717) is 56.9 Å². The number of carbonyl (C=O) groups excluding carboxylic acids is 4. The summed E-state index contributed by atoms with van der Waals surface area (Å²) in [6.45, 7) is 6.82. The van der Waals surface area contributed by atoms with E-state index in [1.807, 2.05) is 36.4 Å². The van der Waals surface area contributed by atoms with Crippen LogP contribution in [0.3, 0.4) is 0 Å². The zero-order valence-corrected chi connectivity index (χ0v) is 51.9. The van der Waals surface area contributed by atoms with Crippen molar-refractivity contribution in [3.05, 3.63) is 142 Å². The number of fused-ring (bicyclic) bond motifs is 3. The third-order valence-corrected chi connectivity index (χ3v) is 17.8. The summed E-state index contributed by atoms with van der Waals surface area (Å²) in [6, 6.07) is 35.5. The lowest BCUT2D eigenvalue weighted by Gasteiger charge is -2.14. The summed E-state index contributed by atoms with van der Waals surface area (Å²) in [4.78, 5) is 54.8. The predicted molar refractivity (Wildman–Crippen MR) is 353 cm³/mol. The molecule has 4 heteroatoms. The van der Waals surface area contributed by atoms with E-state index >= 15 is 0 Å². The molecule has 0 aliphatic heterocycles. The molecule has 444 valence electrons. The summed E-state index contributed by atoms with van der Waals surface area (Å²) in [5, 5.41) is 6.83. The Labute approximate surface area is 498 Å². The molecule has 0 radical (unpaired) electrons. The van der Waals surface area contributed by atoms with E-state index in [1.54, 1.807) is 0 Å². The average molecular weight is 1110 g/mol. The molecule has 0 atom stereocenters. The Morgan fingerprint density at radius 3 is 0.939 bits per heavy atom. The van der Waals surface area contributed by atoms with E-state index in [1.165, 1.54) is 202 Å². The molecule has 6 aromatic rings. The summed E-state index contributed by atoms with van der Waals surface area (Å²) in [5.74, 6) is 0.510. The van der Waals surface area contributed by atoms with E-state index in [0.717, 1.165) is 75.9 Å². The van der Waals surface area contributed by atoms with Gasteiger partial charge in [-0.1, -0.05) is 279 Å². The van der Waals surface area contributed by atoms with Crippen LogP contribution >= 0.6 is 0 Å². The van der Waals surface area contributed by atoms with Gasteiger partial charge in [0.25, 0.3) is 0 Å². The quantitative estimate of drug-likeness (QED) is 0.0282. The summed E-state index contributed by atoms with van der Waals surface area (Å²) in [6.07, 6.45) is 46.5. The highest BCUT2D eigenvalue weighted by atomic mass is 16.1. The third kappa shape index (κ3) is 23.1. The van der Waals surface area contributed by atoms with Gasteiger partial charge in [-0.25, -0.2) is 0 Å². The van der Waals surface area contributed by atoms with Crippen molar-refractivity contribution in [2.75, 3.05) is 0 Å². The molecule has 0 amide bonds. The fourth-order valence-electron chi connectivity index (χ4n) is 12.7. The van der Waals surface area contributed by atoms with Crippen LogP contribution in [0.1, 0.15) is 323 Å². The molecule has 0 saturated heterocycles. The molecule has 0 spiro atoms. The minimum Gasteiger partial charge on any atom is -0.294 e. The summed E-state index contributed by atoms with van der Waals surface area (Å²) in [7, 11) is 0. The minimum absolute atomic E-state index is 0.0916. The molecule has 4 nitrogen and oxygen atoms in total. The number of ketones is 4. The van der Waals surface area contributed by atoms with Gasteiger partial charge < -0.3 is 0 Å². The number of hydrogen-bond acceptors (Lipinski definition) is 4. The van der Waals surface area contributed by atoms with Crippen molar-refractivity contribution in [1.82, 2.24) is 0 Å². The Balaban J connectivity index is 0.974. The molecule has 0 aliphatic rings. The molecular formula is C78H108O4. The average Bonchev–Trinajstić information content (AvgIpc) is 3.58. The van der Waals surface area contributed by atoms with Gasteiger partial charge in [-0.2, -0.15) is 0 Å². The number of aryl methyl sites for hydroxylation is 3. The molecule has 6 aromatic carbocycles. The van der Waals surface area contributed by atoms with Gasteiger partial charge in [0.15, 0.2) is 23.1 Å².